The summed E-state index contributed by atoms with van der Waals surface area (Å²) >= 11 is 0. The van der Waals surface area contributed by atoms with Crippen LogP contribution in [0.4, 0.5) is 0 Å². The normalized spacial score (nSPS) is 20.9. The second-order valence-corrected chi connectivity index (χ2v) is 10.7. The minimum absolute atomic E-state index is 0. The SMILES string of the molecule is C[Si-]12(C[n+]3ccccc3O1)C[n+]1ccccc1O2.O.[Cl-]. The van der Waals surface area contributed by atoms with E-state index < -0.39 is 7.84 Å². The number of aromatic nitrogens is 2. The molecular weight excluding hydrogens is 296 g/mol. The van der Waals surface area contributed by atoms with Crippen LogP contribution < -0.4 is 30.4 Å². The number of hydrogen-bond acceptors (Lipinski definition) is 2. The summed E-state index contributed by atoms with van der Waals surface area (Å²) in [5.74, 6) is 1.84. The molecule has 2 N–H and O–H groups in total. The molecule has 4 rings (SSSR count). The van der Waals surface area contributed by atoms with Crippen molar-refractivity contribution < 1.29 is 35.9 Å². The molecule has 0 saturated carbocycles. The molecule has 0 fully saturated rings. The van der Waals surface area contributed by atoms with Crippen molar-refractivity contribution in [3.63, 3.8) is 0 Å². The van der Waals surface area contributed by atoms with Crippen molar-refractivity contribution in [2.45, 2.75) is 18.9 Å². The van der Waals surface area contributed by atoms with Crippen molar-refractivity contribution in [1.29, 1.82) is 0 Å². The Morgan fingerprint density at radius 3 is 1.75 bits per heavy atom. The van der Waals surface area contributed by atoms with Gasteiger partial charge in [0.15, 0.2) is 0 Å². The largest absolute Gasteiger partial charge is 1.00 e. The average molecular weight is 313 g/mol. The van der Waals surface area contributed by atoms with E-state index in [4.69, 9.17) is 8.85 Å². The summed E-state index contributed by atoms with van der Waals surface area (Å²) in [5.41, 5.74) is 0. The summed E-state index contributed by atoms with van der Waals surface area (Å²) in [7, 11) is -2.91. The fourth-order valence-electron chi connectivity index (χ4n) is 3.02. The van der Waals surface area contributed by atoms with E-state index >= 15 is 0 Å². The van der Waals surface area contributed by atoms with Gasteiger partial charge in [0.1, 0.15) is 0 Å². The Balaban J connectivity index is 0.000000735. The van der Waals surface area contributed by atoms with Crippen LogP contribution in [0.3, 0.4) is 0 Å². The van der Waals surface area contributed by atoms with E-state index in [1.54, 1.807) is 0 Å². The summed E-state index contributed by atoms with van der Waals surface area (Å²) in [6, 6.07) is 12.1. The van der Waals surface area contributed by atoms with Gasteiger partial charge >= 0.3 is 105 Å². The fourth-order valence-corrected chi connectivity index (χ4v) is 7.21. The van der Waals surface area contributed by atoms with Gasteiger partial charge in [-0.05, 0) is 0 Å². The Bertz CT molecular complexity index is 555. The molecule has 0 radical (unpaired) electrons. The minimum atomic E-state index is -2.91. The zero-order valence-electron chi connectivity index (χ0n) is 11.1. The van der Waals surface area contributed by atoms with Gasteiger partial charge in [0.2, 0.25) is 0 Å². The molecule has 2 aliphatic rings. The van der Waals surface area contributed by atoms with Crippen LogP contribution >= 0.6 is 0 Å². The Labute approximate surface area is 123 Å². The average Bonchev–Trinajstić information content (AvgIpc) is 2.81. The topological polar surface area (TPSA) is 57.7 Å². The van der Waals surface area contributed by atoms with Crippen molar-refractivity contribution in [3.05, 3.63) is 48.8 Å². The second-order valence-electron chi connectivity index (χ2n) is 5.56. The van der Waals surface area contributed by atoms with Crippen LogP contribution in [0.1, 0.15) is 0 Å². The van der Waals surface area contributed by atoms with E-state index in [1.807, 2.05) is 36.4 Å². The van der Waals surface area contributed by atoms with Crippen molar-refractivity contribution in [3.8, 4) is 11.8 Å². The number of fused-ring (bicyclic) bond motifs is 2. The first kappa shape index (κ1) is 14.8. The molecule has 0 atom stereocenters. The summed E-state index contributed by atoms with van der Waals surface area (Å²) in [6.07, 6.45) is 5.81. The van der Waals surface area contributed by atoms with Crippen LogP contribution in [-0.4, -0.2) is 13.3 Å². The monoisotopic (exact) mass is 312 g/mol. The summed E-state index contributed by atoms with van der Waals surface area (Å²) in [4.78, 5) is 0. The zero-order chi connectivity index (χ0) is 12.2. The molecule has 5 nitrogen and oxygen atoms in total. The Morgan fingerprint density at radius 2 is 1.35 bits per heavy atom. The predicted octanol–water partition coefficient (Wildman–Crippen LogP) is -2.97. The maximum atomic E-state index is 6.30. The van der Waals surface area contributed by atoms with Gasteiger partial charge in [-0.2, -0.15) is 0 Å². The van der Waals surface area contributed by atoms with Crippen molar-refractivity contribution in [1.82, 2.24) is 0 Å². The van der Waals surface area contributed by atoms with Crippen LogP contribution in [-0.2, 0) is 12.3 Å². The molecule has 0 saturated heterocycles. The van der Waals surface area contributed by atoms with Gasteiger partial charge in [-0.1, -0.05) is 0 Å². The third-order valence-corrected chi connectivity index (χ3v) is 7.57. The second kappa shape index (κ2) is 4.44. The summed E-state index contributed by atoms with van der Waals surface area (Å²) in [5, 5.41) is 0. The molecule has 0 unspecified atom stereocenters. The molecule has 20 heavy (non-hydrogen) atoms. The third-order valence-electron chi connectivity index (χ3n) is 3.72. The van der Waals surface area contributed by atoms with Gasteiger partial charge in [0.25, 0.3) is 0 Å². The smallest absolute Gasteiger partial charge is 0.412 e. The molecule has 0 aromatic carbocycles. The number of pyridine rings is 2. The minimum Gasteiger partial charge on any atom is -1.00 e. The van der Waals surface area contributed by atoms with Crippen LogP contribution in [0.15, 0.2) is 48.8 Å². The first-order valence-corrected chi connectivity index (χ1v) is 9.43. The maximum Gasteiger partial charge on any atom is -0.412 e. The molecule has 108 valence electrons. The Kier molecular flexibility index (Phi) is 3.28. The van der Waals surface area contributed by atoms with Gasteiger partial charge in [-0.15, -0.1) is 0 Å². The number of nitrogens with zero attached hydrogens (tertiary/aromatic N) is 2. The molecule has 7 heteroatoms. The quantitative estimate of drug-likeness (QED) is 0.385. The number of rotatable bonds is 0. The van der Waals surface area contributed by atoms with E-state index in [0.29, 0.717) is 0 Å². The van der Waals surface area contributed by atoms with Crippen molar-refractivity contribution >= 4 is 7.84 Å². The maximum absolute atomic E-state index is 6.30. The fraction of sp³-hybridized carbons (Fsp3) is 0.231. The van der Waals surface area contributed by atoms with Gasteiger partial charge < -0.3 is 17.9 Å². The van der Waals surface area contributed by atoms with Gasteiger partial charge in [0, 0.05) is 0 Å². The molecular formula is C13H17ClN2O3Si. The first-order valence-electron chi connectivity index (χ1n) is 6.20. The van der Waals surface area contributed by atoms with Crippen LogP contribution in [0.25, 0.3) is 0 Å². The molecule has 0 amide bonds. The van der Waals surface area contributed by atoms with E-state index in [9.17, 15) is 0 Å². The van der Waals surface area contributed by atoms with Gasteiger partial charge in [-0.3, -0.25) is 0 Å². The Morgan fingerprint density at radius 1 is 0.900 bits per heavy atom. The van der Waals surface area contributed by atoms with Crippen LogP contribution in [0, 0.1) is 0 Å². The third kappa shape index (κ3) is 1.96. The predicted molar refractivity (Wildman–Crippen MR) is 69.8 cm³/mol. The van der Waals surface area contributed by atoms with Gasteiger partial charge in [0.05, 0.1) is 0 Å². The van der Waals surface area contributed by atoms with Crippen molar-refractivity contribution in [2.75, 3.05) is 0 Å². The zero-order valence-corrected chi connectivity index (χ0v) is 12.9. The molecule has 4 heterocycles. The van der Waals surface area contributed by atoms with Gasteiger partial charge in [-0.25, -0.2) is 0 Å². The summed E-state index contributed by atoms with van der Waals surface area (Å²) < 4.78 is 16.9. The molecule has 2 aliphatic heterocycles. The first-order chi connectivity index (χ1) is 8.64. The van der Waals surface area contributed by atoms with E-state index in [0.717, 1.165) is 24.1 Å². The standard InChI is InChI=1S/C13H15N2O2Si.ClH.H2O/c1-18(10-14-8-4-2-6-12(14)16-18)11-15-9-5-3-7-13(15)17-18;;/h2-9H,10-11H2,1H3;1H;1H2/q+1;;/p-1. The van der Waals surface area contributed by atoms with E-state index in [2.05, 4.69) is 28.1 Å². The van der Waals surface area contributed by atoms with Crippen molar-refractivity contribution in [2.24, 2.45) is 0 Å². The molecule has 1 spiro atoms. The molecule has 0 bridgehead atoms. The molecule has 2 aromatic heterocycles. The Hall–Kier alpha value is -1.63. The molecule has 0 aliphatic carbocycles. The van der Waals surface area contributed by atoms with Crippen LogP contribution in [0.2, 0.25) is 6.55 Å². The number of hydrogen-bond donors (Lipinski definition) is 0. The molecule has 2 aromatic rings. The van der Waals surface area contributed by atoms with E-state index in [-0.39, 0.29) is 17.9 Å². The van der Waals surface area contributed by atoms with E-state index in [1.165, 1.54) is 0 Å². The summed E-state index contributed by atoms with van der Waals surface area (Å²) in [6.45, 7) is 2.18. The van der Waals surface area contributed by atoms with Crippen LogP contribution in [0.5, 0.6) is 11.8 Å². The number of halogens is 1.